The zero-order chi connectivity index (χ0) is 12.4. The molecular weight excluding hydrogens is 364 g/mol. The predicted octanol–water partition coefficient (Wildman–Crippen LogP) is 4.75. The van der Waals surface area contributed by atoms with Crippen molar-refractivity contribution in [2.24, 2.45) is 10.9 Å². The molecule has 0 aromatic heterocycles. The Hall–Kier alpha value is -0.000000000000000111. The molecule has 1 atom stereocenters. The Bertz CT molecular complexity index is 446. The molecule has 1 aromatic rings. The summed E-state index contributed by atoms with van der Waals surface area (Å²) >= 11 is 8.82. The first-order chi connectivity index (χ1) is 8.06. The highest BCUT2D eigenvalue weighted by atomic mass is 79.9. The molecule has 0 amide bonds. The molecule has 2 rings (SSSR count). The average Bonchev–Trinajstić information content (AvgIpc) is 2.71. The molecule has 0 fully saturated rings. The lowest BCUT2D eigenvalue weighted by Gasteiger charge is -2.12. The van der Waals surface area contributed by atoms with E-state index in [1.54, 1.807) is 0 Å². The Morgan fingerprint density at radius 3 is 2.76 bits per heavy atom. The van der Waals surface area contributed by atoms with Crippen LogP contribution in [0.1, 0.15) is 13.8 Å². The number of anilines is 1. The lowest BCUT2D eigenvalue weighted by atomic mass is 10.1. The maximum Gasteiger partial charge on any atom is 0.161 e. The largest absolute Gasteiger partial charge is 0.334 e. The third-order valence-corrected chi connectivity index (χ3v) is 5.19. The van der Waals surface area contributed by atoms with Crippen LogP contribution < -0.4 is 5.32 Å². The highest BCUT2D eigenvalue weighted by Crippen LogP contribution is 2.31. The molecule has 0 bridgehead atoms. The summed E-state index contributed by atoms with van der Waals surface area (Å²) in [5.41, 5.74) is 1.06. The predicted molar refractivity (Wildman–Crippen MR) is 84.0 cm³/mol. The third-order valence-electron chi connectivity index (χ3n) is 2.59. The first-order valence-electron chi connectivity index (χ1n) is 5.49. The Balaban J connectivity index is 2.03. The summed E-state index contributed by atoms with van der Waals surface area (Å²) in [6, 6.07) is 6.09. The number of hydrogen-bond donors (Lipinski definition) is 1. The average molecular weight is 378 g/mol. The smallest absolute Gasteiger partial charge is 0.161 e. The molecule has 0 saturated heterocycles. The second kappa shape index (κ2) is 5.76. The van der Waals surface area contributed by atoms with Crippen LogP contribution in [0.5, 0.6) is 0 Å². The molecule has 0 saturated carbocycles. The fourth-order valence-electron chi connectivity index (χ4n) is 1.51. The number of halogens is 2. The number of rotatable bonds is 2. The minimum absolute atomic E-state index is 0.603. The second-order valence-corrected chi connectivity index (χ2v) is 7.29. The molecule has 5 heteroatoms. The van der Waals surface area contributed by atoms with Crippen molar-refractivity contribution in [3.05, 3.63) is 27.1 Å². The normalized spacial score (nSPS) is 19.6. The lowest BCUT2D eigenvalue weighted by molar-refractivity contribution is 0.621. The number of benzene rings is 1. The van der Waals surface area contributed by atoms with Gasteiger partial charge in [-0.15, -0.1) is 0 Å². The molecule has 1 aliphatic rings. The van der Waals surface area contributed by atoms with Crippen molar-refractivity contribution in [1.82, 2.24) is 0 Å². The molecular formula is C12H14Br2N2S. The maximum atomic E-state index is 4.53. The fraction of sp³-hybridized carbons (Fsp3) is 0.417. The van der Waals surface area contributed by atoms with Crippen LogP contribution in [0, 0.1) is 5.92 Å². The van der Waals surface area contributed by atoms with E-state index < -0.39 is 0 Å². The van der Waals surface area contributed by atoms with Gasteiger partial charge in [-0.05, 0) is 40.0 Å². The lowest BCUT2D eigenvalue weighted by Crippen LogP contribution is -2.13. The van der Waals surface area contributed by atoms with Gasteiger partial charge in [-0.25, -0.2) is 0 Å². The highest BCUT2D eigenvalue weighted by Gasteiger charge is 2.22. The molecule has 1 aromatic carbocycles. The molecule has 0 aliphatic carbocycles. The van der Waals surface area contributed by atoms with E-state index in [1.807, 2.05) is 30.0 Å². The number of nitrogens with zero attached hydrogens (tertiary/aromatic N) is 1. The van der Waals surface area contributed by atoms with Crippen LogP contribution in [0.3, 0.4) is 0 Å². The number of hydrogen-bond acceptors (Lipinski definition) is 3. The number of aliphatic imine (C=N–C) groups is 1. The summed E-state index contributed by atoms with van der Waals surface area (Å²) < 4.78 is 2.11. The van der Waals surface area contributed by atoms with Crippen molar-refractivity contribution in [2.45, 2.75) is 19.1 Å². The van der Waals surface area contributed by atoms with Gasteiger partial charge in [-0.3, -0.25) is 4.99 Å². The standard InChI is InChI=1S/C12H14Br2N2S/c1-7(2)11-6-15-12(17-11)16-10-4-3-8(13)5-9(10)14/h3-5,7,11H,6H2,1-2H3,(H,15,16). The van der Waals surface area contributed by atoms with Gasteiger partial charge in [0.05, 0.1) is 12.2 Å². The van der Waals surface area contributed by atoms with Crippen molar-refractivity contribution in [3.63, 3.8) is 0 Å². The van der Waals surface area contributed by atoms with Crippen LogP contribution >= 0.6 is 43.6 Å². The van der Waals surface area contributed by atoms with Crippen LogP contribution in [-0.2, 0) is 0 Å². The Kier molecular flexibility index (Phi) is 4.55. The number of thioether (sulfide) groups is 1. The minimum Gasteiger partial charge on any atom is -0.334 e. The SMILES string of the molecule is CC(C)C1CN=C(Nc2ccc(Br)cc2Br)S1. The van der Waals surface area contributed by atoms with Crippen molar-refractivity contribution in [1.29, 1.82) is 0 Å². The van der Waals surface area contributed by atoms with E-state index >= 15 is 0 Å². The molecule has 2 nitrogen and oxygen atoms in total. The van der Waals surface area contributed by atoms with Gasteiger partial charge >= 0.3 is 0 Å². The van der Waals surface area contributed by atoms with Crippen molar-refractivity contribution in [2.75, 3.05) is 11.9 Å². The molecule has 92 valence electrons. The van der Waals surface area contributed by atoms with Crippen LogP contribution in [0.4, 0.5) is 5.69 Å². The number of nitrogens with one attached hydrogen (secondary N) is 1. The van der Waals surface area contributed by atoms with Gasteiger partial charge in [-0.2, -0.15) is 0 Å². The van der Waals surface area contributed by atoms with Gasteiger partial charge in [0.25, 0.3) is 0 Å². The summed E-state index contributed by atoms with van der Waals surface area (Å²) in [6.07, 6.45) is 0. The van der Waals surface area contributed by atoms with Crippen LogP contribution in [-0.4, -0.2) is 17.0 Å². The van der Waals surface area contributed by atoms with Crippen molar-refractivity contribution >= 4 is 54.5 Å². The zero-order valence-electron chi connectivity index (χ0n) is 9.71. The summed E-state index contributed by atoms with van der Waals surface area (Å²) in [5, 5.41) is 4.99. The van der Waals surface area contributed by atoms with Crippen LogP contribution in [0.15, 0.2) is 32.1 Å². The first-order valence-corrected chi connectivity index (χ1v) is 7.96. The summed E-state index contributed by atoms with van der Waals surface area (Å²) in [7, 11) is 0. The highest BCUT2D eigenvalue weighted by molar-refractivity contribution is 9.11. The Morgan fingerprint density at radius 1 is 1.41 bits per heavy atom. The van der Waals surface area contributed by atoms with E-state index in [1.165, 1.54) is 0 Å². The van der Waals surface area contributed by atoms with E-state index in [4.69, 9.17) is 0 Å². The van der Waals surface area contributed by atoms with Gasteiger partial charge in [0.1, 0.15) is 0 Å². The summed E-state index contributed by atoms with van der Waals surface area (Å²) in [5.74, 6) is 0.663. The molecule has 1 unspecified atom stereocenters. The van der Waals surface area contributed by atoms with Gasteiger partial charge < -0.3 is 5.32 Å². The maximum absolute atomic E-state index is 4.53. The molecule has 1 heterocycles. The van der Waals surface area contributed by atoms with E-state index in [2.05, 4.69) is 56.0 Å². The van der Waals surface area contributed by atoms with Gasteiger partial charge in [-0.1, -0.05) is 41.5 Å². The van der Waals surface area contributed by atoms with Crippen molar-refractivity contribution in [3.8, 4) is 0 Å². The van der Waals surface area contributed by atoms with Crippen LogP contribution in [0.25, 0.3) is 0 Å². The monoisotopic (exact) mass is 376 g/mol. The quantitative estimate of drug-likeness (QED) is 0.803. The van der Waals surface area contributed by atoms with E-state index in [0.29, 0.717) is 11.2 Å². The van der Waals surface area contributed by atoms with Gasteiger partial charge in [0.2, 0.25) is 0 Å². The molecule has 1 aliphatic heterocycles. The molecule has 17 heavy (non-hydrogen) atoms. The first kappa shape index (κ1) is 13.4. The fourth-order valence-corrected chi connectivity index (χ4v) is 3.68. The Morgan fingerprint density at radius 2 is 2.18 bits per heavy atom. The summed E-state index contributed by atoms with van der Waals surface area (Å²) in [6.45, 7) is 5.40. The van der Waals surface area contributed by atoms with Crippen LogP contribution in [0.2, 0.25) is 0 Å². The van der Waals surface area contributed by atoms with E-state index in [-0.39, 0.29) is 0 Å². The molecule has 1 N–H and O–H groups in total. The van der Waals surface area contributed by atoms with E-state index in [0.717, 1.165) is 26.3 Å². The Labute approximate surface area is 123 Å². The van der Waals surface area contributed by atoms with Gasteiger partial charge in [0, 0.05) is 14.2 Å². The summed E-state index contributed by atoms with van der Waals surface area (Å²) in [4.78, 5) is 4.53. The third kappa shape index (κ3) is 3.48. The van der Waals surface area contributed by atoms with E-state index in [9.17, 15) is 0 Å². The topological polar surface area (TPSA) is 24.4 Å². The second-order valence-electron chi connectivity index (χ2n) is 4.30. The minimum atomic E-state index is 0.603. The van der Waals surface area contributed by atoms with Crippen molar-refractivity contribution < 1.29 is 0 Å². The zero-order valence-corrected chi connectivity index (χ0v) is 13.7. The molecule has 0 radical (unpaired) electrons. The molecule has 0 spiro atoms. The number of amidine groups is 1. The van der Waals surface area contributed by atoms with Gasteiger partial charge in [0.15, 0.2) is 5.17 Å².